The number of benzene rings is 1. The summed E-state index contributed by atoms with van der Waals surface area (Å²) in [4.78, 5) is 21.2. The fourth-order valence-electron chi connectivity index (χ4n) is 1.39. The predicted octanol–water partition coefficient (Wildman–Crippen LogP) is 3.30. The largest absolute Gasteiger partial charge is 0.514 e. The number of rotatable bonds is 5. The van der Waals surface area contributed by atoms with Gasteiger partial charge in [0, 0.05) is 12.1 Å². The van der Waals surface area contributed by atoms with E-state index in [0.29, 0.717) is 0 Å². The first-order valence-corrected chi connectivity index (χ1v) is 5.66. The van der Waals surface area contributed by atoms with Gasteiger partial charge >= 0.3 is 6.16 Å². The fraction of sp³-hybridized carbons (Fsp3) is 0.417. The first-order chi connectivity index (χ1) is 8.52. The minimum atomic E-state index is -0.801. The molecule has 0 heterocycles. The average Bonchev–Trinajstić information content (AvgIpc) is 2.29. The van der Waals surface area contributed by atoms with Crippen LogP contribution in [0.25, 0.3) is 0 Å². The highest BCUT2D eigenvalue weighted by molar-refractivity contribution is 5.64. The lowest BCUT2D eigenvalue weighted by molar-refractivity contribution is -0.384. The number of non-ortho nitro benzene ring substituents is 1. The second kappa shape index (κ2) is 6.58. The van der Waals surface area contributed by atoms with Gasteiger partial charge in [0.1, 0.15) is 11.9 Å². The first-order valence-electron chi connectivity index (χ1n) is 5.66. The Morgan fingerprint density at radius 3 is 2.50 bits per heavy atom. The van der Waals surface area contributed by atoms with Crippen LogP contribution in [0.3, 0.4) is 0 Å². The molecule has 1 aromatic rings. The molecule has 6 nitrogen and oxygen atoms in total. The van der Waals surface area contributed by atoms with Gasteiger partial charge in [-0.15, -0.1) is 0 Å². The molecule has 0 spiro atoms. The van der Waals surface area contributed by atoms with Crippen molar-refractivity contribution in [2.45, 2.75) is 32.8 Å². The molecule has 0 N–H and O–H groups in total. The number of carbonyl (C=O) groups excluding carboxylic acids is 1. The van der Waals surface area contributed by atoms with Gasteiger partial charge in [-0.3, -0.25) is 10.1 Å². The quantitative estimate of drug-likeness (QED) is 0.348. The van der Waals surface area contributed by atoms with Crippen LogP contribution in [0.1, 0.15) is 26.7 Å². The van der Waals surface area contributed by atoms with Crippen LogP contribution in [0, 0.1) is 10.1 Å². The number of nitro benzene ring substituents is 1. The number of hydrogen-bond donors (Lipinski definition) is 0. The normalized spacial score (nSPS) is 11.7. The van der Waals surface area contributed by atoms with Crippen LogP contribution in [0.5, 0.6) is 5.75 Å². The molecule has 0 fully saturated rings. The number of nitro groups is 1. The van der Waals surface area contributed by atoms with E-state index in [1.807, 2.05) is 6.92 Å². The molecule has 0 aliphatic rings. The summed E-state index contributed by atoms with van der Waals surface area (Å²) in [6, 6.07) is 5.23. The number of ether oxygens (including phenoxy) is 2. The van der Waals surface area contributed by atoms with Crippen molar-refractivity contribution in [1.82, 2.24) is 0 Å². The van der Waals surface area contributed by atoms with E-state index >= 15 is 0 Å². The van der Waals surface area contributed by atoms with Crippen LogP contribution in [0.4, 0.5) is 10.5 Å². The molecular formula is C12H15NO5. The predicted molar refractivity (Wildman–Crippen MR) is 64.6 cm³/mol. The van der Waals surface area contributed by atoms with E-state index in [1.165, 1.54) is 24.3 Å². The van der Waals surface area contributed by atoms with E-state index in [4.69, 9.17) is 9.47 Å². The molecule has 0 radical (unpaired) electrons. The third kappa shape index (κ3) is 4.40. The molecule has 0 saturated heterocycles. The Hall–Kier alpha value is -2.11. The molecule has 1 atom stereocenters. The molecule has 0 aromatic heterocycles. The van der Waals surface area contributed by atoms with Crippen LogP contribution in [0.2, 0.25) is 0 Å². The topological polar surface area (TPSA) is 78.7 Å². The molecule has 0 aliphatic heterocycles. The van der Waals surface area contributed by atoms with Crippen molar-refractivity contribution in [2.24, 2.45) is 0 Å². The highest BCUT2D eigenvalue weighted by Crippen LogP contribution is 2.18. The standard InChI is InChI=1S/C12H15NO5/c1-3-4-9(2)17-12(14)18-11-7-5-10(6-8-11)13(15)16/h5-9H,3-4H2,1-2H3/t9-/m1/s1. The summed E-state index contributed by atoms with van der Waals surface area (Å²) < 4.78 is 9.86. The van der Waals surface area contributed by atoms with Crippen LogP contribution in [-0.2, 0) is 4.74 Å². The van der Waals surface area contributed by atoms with E-state index in [0.717, 1.165) is 12.8 Å². The Bertz CT molecular complexity index is 415. The lowest BCUT2D eigenvalue weighted by Gasteiger charge is -2.11. The monoisotopic (exact) mass is 253 g/mol. The first kappa shape index (κ1) is 14.0. The van der Waals surface area contributed by atoms with Gasteiger partial charge in [-0.05, 0) is 25.5 Å². The summed E-state index contributed by atoms with van der Waals surface area (Å²) in [5, 5.41) is 10.4. The Balaban J connectivity index is 2.51. The van der Waals surface area contributed by atoms with Crippen molar-refractivity contribution in [2.75, 3.05) is 0 Å². The van der Waals surface area contributed by atoms with Crippen LogP contribution in [-0.4, -0.2) is 17.2 Å². The number of carbonyl (C=O) groups is 1. The lowest BCUT2D eigenvalue weighted by atomic mass is 10.2. The van der Waals surface area contributed by atoms with E-state index in [2.05, 4.69) is 0 Å². The maximum absolute atomic E-state index is 11.3. The van der Waals surface area contributed by atoms with Gasteiger partial charge in [0.25, 0.3) is 5.69 Å². The van der Waals surface area contributed by atoms with Gasteiger partial charge in [-0.1, -0.05) is 13.3 Å². The van der Waals surface area contributed by atoms with Crippen molar-refractivity contribution >= 4 is 11.8 Å². The molecule has 1 rings (SSSR count). The van der Waals surface area contributed by atoms with Gasteiger partial charge in [-0.2, -0.15) is 0 Å². The minimum Gasteiger partial charge on any atom is -0.431 e. The van der Waals surface area contributed by atoms with Crippen molar-refractivity contribution in [3.63, 3.8) is 0 Å². The summed E-state index contributed by atoms with van der Waals surface area (Å²) in [7, 11) is 0. The summed E-state index contributed by atoms with van der Waals surface area (Å²) >= 11 is 0. The highest BCUT2D eigenvalue weighted by Gasteiger charge is 2.12. The van der Waals surface area contributed by atoms with Crippen molar-refractivity contribution in [3.05, 3.63) is 34.4 Å². The third-order valence-corrected chi connectivity index (χ3v) is 2.24. The van der Waals surface area contributed by atoms with Gasteiger partial charge in [-0.25, -0.2) is 4.79 Å². The molecular weight excluding hydrogens is 238 g/mol. The van der Waals surface area contributed by atoms with Crippen LogP contribution < -0.4 is 4.74 Å². The molecule has 1 aromatic carbocycles. The molecule has 0 aliphatic carbocycles. The van der Waals surface area contributed by atoms with E-state index < -0.39 is 11.1 Å². The molecule has 98 valence electrons. The molecule has 0 bridgehead atoms. The maximum atomic E-state index is 11.3. The highest BCUT2D eigenvalue weighted by atomic mass is 16.7. The third-order valence-electron chi connectivity index (χ3n) is 2.24. The SMILES string of the molecule is CCC[C@@H](C)OC(=O)Oc1ccc([N+](=O)[O-])cc1. The molecule has 0 saturated carbocycles. The van der Waals surface area contributed by atoms with Gasteiger partial charge in [0.2, 0.25) is 0 Å². The Morgan fingerprint density at radius 2 is 2.00 bits per heavy atom. The Kier molecular flexibility index (Phi) is 5.10. The lowest BCUT2D eigenvalue weighted by Crippen LogP contribution is -2.18. The van der Waals surface area contributed by atoms with Gasteiger partial charge < -0.3 is 9.47 Å². The van der Waals surface area contributed by atoms with Crippen LogP contribution in [0.15, 0.2) is 24.3 Å². The Labute approximate surface area is 105 Å². The number of hydrogen-bond acceptors (Lipinski definition) is 5. The fourth-order valence-corrected chi connectivity index (χ4v) is 1.39. The zero-order chi connectivity index (χ0) is 13.5. The second-order valence-corrected chi connectivity index (χ2v) is 3.82. The zero-order valence-electron chi connectivity index (χ0n) is 10.3. The van der Waals surface area contributed by atoms with Crippen molar-refractivity contribution in [3.8, 4) is 5.75 Å². The summed E-state index contributed by atoms with van der Waals surface area (Å²) in [5.41, 5.74) is -0.0601. The van der Waals surface area contributed by atoms with Crippen molar-refractivity contribution in [1.29, 1.82) is 0 Å². The zero-order valence-corrected chi connectivity index (χ0v) is 10.3. The van der Waals surface area contributed by atoms with Crippen LogP contribution >= 0.6 is 0 Å². The van der Waals surface area contributed by atoms with E-state index in [9.17, 15) is 14.9 Å². The average molecular weight is 253 g/mol. The number of nitrogens with zero attached hydrogens (tertiary/aromatic N) is 1. The molecule has 0 amide bonds. The van der Waals surface area contributed by atoms with E-state index in [1.54, 1.807) is 6.92 Å². The summed E-state index contributed by atoms with van der Waals surface area (Å²) in [6.45, 7) is 3.77. The summed E-state index contributed by atoms with van der Waals surface area (Å²) in [6.07, 6.45) is 0.659. The minimum absolute atomic E-state index is 0.0601. The smallest absolute Gasteiger partial charge is 0.431 e. The second-order valence-electron chi connectivity index (χ2n) is 3.82. The van der Waals surface area contributed by atoms with Gasteiger partial charge in [0.15, 0.2) is 0 Å². The summed E-state index contributed by atoms with van der Waals surface area (Å²) in [5.74, 6) is 0.217. The Morgan fingerprint density at radius 1 is 1.39 bits per heavy atom. The van der Waals surface area contributed by atoms with Gasteiger partial charge in [0.05, 0.1) is 4.92 Å². The molecule has 18 heavy (non-hydrogen) atoms. The molecule has 0 unspecified atom stereocenters. The molecule has 6 heteroatoms. The van der Waals surface area contributed by atoms with E-state index in [-0.39, 0.29) is 17.5 Å². The maximum Gasteiger partial charge on any atom is 0.514 e. The van der Waals surface area contributed by atoms with Crippen molar-refractivity contribution < 1.29 is 19.2 Å².